The Labute approximate surface area is 156 Å². The second-order valence-corrected chi connectivity index (χ2v) is 6.60. The maximum Gasteiger partial charge on any atom is 0.255 e. The predicted octanol–water partition coefficient (Wildman–Crippen LogP) is 0.418. The van der Waals surface area contributed by atoms with Crippen molar-refractivity contribution in [2.24, 2.45) is 0 Å². The molecule has 3 heterocycles. The number of piperazine rings is 1. The van der Waals surface area contributed by atoms with E-state index in [2.05, 4.69) is 10.6 Å². The van der Waals surface area contributed by atoms with E-state index < -0.39 is 17.8 Å². The molecule has 9 heteroatoms. The summed E-state index contributed by atoms with van der Waals surface area (Å²) in [7, 11) is 0. The van der Waals surface area contributed by atoms with Crippen molar-refractivity contribution >= 4 is 35.8 Å². The first-order valence-corrected chi connectivity index (χ1v) is 8.47. The molecule has 140 valence electrons. The van der Waals surface area contributed by atoms with Crippen LogP contribution in [0.3, 0.4) is 0 Å². The van der Waals surface area contributed by atoms with Crippen LogP contribution in [-0.2, 0) is 16.1 Å². The number of carbonyl (C=O) groups is 3. The second-order valence-electron chi connectivity index (χ2n) is 6.60. The van der Waals surface area contributed by atoms with E-state index in [1.807, 2.05) is 4.90 Å². The number of hydrogen-bond donors (Lipinski definition) is 2. The summed E-state index contributed by atoms with van der Waals surface area (Å²) < 4.78 is 14.5. The fraction of sp³-hybridized carbons (Fsp3) is 0.471. The lowest BCUT2D eigenvalue weighted by atomic mass is 10.0. The molecule has 0 bridgehead atoms. The molecule has 7 nitrogen and oxygen atoms in total. The zero-order valence-electron chi connectivity index (χ0n) is 14.1. The minimum Gasteiger partial charge on any atom is -0.367 e. The Morgan fingerprint density at radius 3 is 2.54 bits per heavy atom. The van der Waals surface area contributed by atoms with Gasteiger partial charge in [-0.05, 0) is 24.1 Å². The van der Waals surface area contributed by atoms with Crippen LogP contribution in [0.4, 0.5) is 10.1 Å². The fourth-order valence-electron chi connectivity index (χ4n) is 3.72. The van der Waals surface area contributed by atoms with Crippen LogP contribution in [-0.4, -0.2) is 54.8 Å². The quantitative estimate of drug-likeness (QED) is 0.724. The Morgan fingerprint density at radius 1 is 1.12 bits per heavy atom. The minimum atomic E-state index is -0.678. The van der Waals surface area contributed by atoms with Gasteiger partial charge in [0.1, 0.15) is 11.9 Å². The molecule has 1 unspecified atom stereocenters. The number of rotatable bonds is 2. The molecular formula is C17H20ClFN4O3. The number of hydrogen-bond acceptors (Lipinski definition) is 5. The number of benzene rings is 1. The molecule has 2 N–H and O–H groups in total. The summed E-state index contributed by atoms with van der Waals surface area (Å²) in [4.78, 5) is 39.4. The van der Waals surface area contributed by atoms with Crippen molar-refractivity contribution in [2.45, 2.75) is 25.4 Å². The van der Waals surface area contributed by atoms with Gasteiger partial charge >= 0.3 is 0 Å². The van der Waals surface area contributed by atoms with Crippen LogP contribution in [0.2, 0.25) is 0 Å². The first-order chi connectivity index (χ1) is 12.0. The van der Waals surface area contributed by atoms with E-state index in [0.717, 1.165) is 18.7 Å². The number of amides is 3. The SMILES string of the molecule is Cl.O=C1CCC(N2Cc3cc(N4CCNCC4)c(F)cc3C2=O)C(=O)N1. The van der Waals surface area contributed by atoms with Crippen molar-refractivity contribution in [2.75, 3.05) is 31.1 Å². The third kappa shape index (κ3) is 3.14. The summed E-state index contributed by atoms with van der Waals surface area (Å²) in [5, 5.41) is 5.49. The van der Waals surface area contributed by atoms with E-state index in [4.69, 9.17) is 0 Å². The van der Waals surface area contributed by atoms with Gasteiger partial charge in [-0.1, -0.05) is 0 Å². The Bertz CT molecular complexity index is 767. The average Bonchev–Trinajstić information content (AvgIpc) is 2.91. The minimum absolute atomic E-state index is 0. The van der Waals surface area contributed by atoms with Gasteiger partial charge in [0.05, 0.1) is 5.69 Å². The van der Waals surface area contributed by atoms with E-state index in [1.54, 1.807) is 6.07 Å². The Morgan fingerprint density at radius 2 is 1.85 bits per heavy atom. The number of fused-ring (bicyclic) bond motifs is 1. The van der Waals surface area contributed by atoms with E-state index >= 15 is 0 Å². The normalized spacial score (nSPS) is 22.8. The molecule has 0 spiro atoms. The first kappa shape index (κ1) is 18.6. The summed E-state index contributed by atoms with van der Waals surface area (Å²) >= 11 is 0. The summed E-state index contributed by atoms with van der Waals surface area (Å²) in [5.74, 6) is -1.55. The number of nitrogens with zero attached hydrogens (tertiary/aromatic N) is 2. The number of halogens is 2. The highest BCUT2D eigenvalue weighted by molar-refractivity contribution is 6.05. The molecule has 2 saturated heterocycles. The van der Waals surface area contributed by atoms with Crippen LogP contribution < -0.4 is 15.5 Å². The molecular weight excluding hydrogens is 363 g/mol. The van der Waals surface area contributed by atoms with Crippen LogP contribution in [0, 0.1) is 5.82 Å². The van der Waals surface area contributed by atoms with Crippen molar-refractivity contribution in [1.82, 2.24) is 15.5 Å². The van der Waals surface area contributed by atoms with Crippen LogP contribution in [0.5, 0.6) is 0 Å². The molecule has 1 aromatic carbocycles. The molecule has 4 rings (SSSR count). The second kappa shape index (κ2) is 7.20. The highest BCUT2D eigenvalue weighted by atomic mass is 35.5. The van der Waals surface area contributed by atoms with Crippen molar-refractivity contribution in [3.63, 3.8) is 0 Å². The van der Waals surface area contributed by atoms with E-state index in [-0.39, 0.29) is 37.2 Å². The smallest absolute Gasteiger partial charge is 0.255 e. The number of nitrogens with one attached hydrogen (secondary N) is 2. The lowest BCUT2D eigenvalue weighted by molar-refractivity contribution is -0.136. The highest BCUT2D eigenvalue weighted by Gasteiger charge is 2.39. The van der Waals surface area contributed by atoms with Crippen molar-refractivity contribution < 1.29 is 18.8 Å². The van der Waals surface area contributed by atoms with Gasteiger partial charge in [-0.15, -0.1) is 12.4 Å². The maximum absolute atomic E-state index is 14.5. The lowest BCUT2D eigenvalue weighted by Gasteiger charge is -2.30. The van der Waals surface area contributed by atoms with Crippen molar-refractivity contribution in [3.05, 3.63) is 29.1 Å². The van der Waals surface area contributed by atoms with Gasteiger partial charge in [0.2, 0.25) is 11.8 Å². The van der Waals surface area contributed by atoms with E-state index in [1.165, 1.54) is 11.0 Å². The lowest BCUT2D eigenvalue weighted by Crippen LogP contribution is -2.52. The summed E-state index contributed by atoms with van der Waals surface area (Å²) in [6, 6.07) is 2.32. The van der Waals surface area contributed by atoms with Gasteiger partial charge in [0.25, 0.3) is 5.91 Å². The van der Waals surface area contributed by atoms with E-state index in [0.29, 0.717) is 30.8 Å². The van der Waals surface area contributed by atoms with Gasteiger partial charge in [-0.25, -0.2) is 4.39 Å². The largest absolute Gasteiger partial charge is 0.367 e. The molecule has 0 saturated carbocycles. The average molecular weight is 383 g/mol. The summed E-state index contributed by atoms with van der Waals surface area (Å²) in [5.41, 5.74) is 1.53. The third-order valence-electron chi connectivity index (χ3n) is 5.05. The molecule has 3 amide bonds. The standard InChI is InChI=1S/C17H19FN4O3.ClH/c18-12-8-11-10(7-14(12)21-5-3-19-4-6-21)9-22(17(11)25)13-1-2-15(23)20-16(13)24;/h7-8,13,19H,1-6,9H2,(H,20,23,24);1H. The maximum atomic E-state index is 14.5. The van der Waals surface area contributed by atoms with Gasteiger partial charge in [0, 0.05) is 44.7 Å². The van der Waals surface area contributed by atoms with Gasteiger partial charge in [-0.3, -0.25) is 19.7 Å². The number of imide groups is 1. The first-order valence-electron chi connectivity index (χ1n) is 8.47. The Hall–Kier alpha value is -2.19. The van der Waals surface area contributed by atoms with Crippen molar-refractivity contribution in [3.8, 4) is 0 Å². The molecule has 1 atom stereocenters. The zero-order valence-corrected chi connectivity index (χ0v) is 14.9. The topological polar surface area (TPSA) is 81.8 Å². The van der Waals surface area contributed by atoms with Crippen LogP contribution in [0.1, 0.15) is 28.8 Å². The Balaban J connectivity index is 0.00000196. The summed E-state index contributed by atoms with van der Waals surface area (Å²) in [6.07, 6.45) is 0.508. The molecule has 0 aromatic heterocycles. The zero-order chi connectivity index (χ0) is 17.6. The predicted molar refractivity (Wildman–Crippen MR) is 94.8 cm³/mol. The molecule has 3 aliphatic rings. The van der Waals surface area contributed by atoms with E-state index in [9.17, 15) is 18.8 Å². The van der Waals surface area contributed by atoms with Gasteiger partial charge < -0.3 is 15.1 Å². The molecule has 2 fully saturated rings. The van der Waals surface area contributed by atoms with Gasteiger partial charge in [0.15, 0.2) is 0 Å². The van der Waals surface area contributed by atoms with Crippen LogP contribution in [0.15, 0.2) is 12.1 Å². The highest BCUT2D eigenvalue weighted by Crippen LogP contribution is 2.32. The molecule has 26 heavy (non-hydrogen) atoms. The van der Waals surface area contributed by atoms with Gasteiger partial charge in [-0.2, -0.15) is 0 Å². The van der Waals surface area contributed by atoms with Crippen molar-refractivity contribution in [1.29, 1.82) is 0 Å². The summed E-state index contributed by atoms with van der Waals surface area (Å²) in [6.45, 7) is 3.26. The number of piperidine rings is 1. The van der Waals surface area contributed by atoms with Crippen LogP contribution >= 0.6 is 12.4 Å². The molecule has 3 aliphatic heterocycles. The monoisotopic (exact) mass is 382 g/mol. The molecule has 0 radical (unpaired) electrons. The molecule has 0 aliphatic carbocycles. The Kier molecular flexibility index (Phi) is 5.15. The van der Waals surface area contributed by atoms with Crippen LogP contribution in [0.25, 0.3) is 0 Å². The number of carbonyl (C=O) groups excluding carboxylic acids is 3. The fourth-order valence-corrected chi connectivity index (χ4v) is 3.72. The molecule has 1 aromatic rings. The third-order valence-corrected chi connectivity index (χ3v) is 5.05. The number of anilines is 1.